The maximum Gasteiger partial charge on any atom is 0.284 e. The largest absolute Gasteiger partial charge is 0.478 e. The second-order valence-electron chi connectivity index (χ2n) is 7.87. The van der Waals surface area contributed by atoms with Gasteiger partial charge in [-0.05, 0) is 67.5 Å². The molecule has 0 fully saturated rings. The number of aromatic nitrogens is 3. The Hall–Kier alpha value is -1.59. The minimum atomic E-state index is -0.434. The Balaban J connectivity index is 3.27. The lowest BCUT2D eigenvalue weighted by molar-refractivity contribution is 0.0673. The molecule has 0 amide bonds. The molecule has 0 N–H and O–H groups in total. The van der Waals surface area contributed by atoms with Gasteiger partial charge in [-0.25, -0.2) is 0 Å². The summed E-state index contributed by atoms with van der Waals surface area (Å²) >= 11 is 0. The number of nitrogens with zero attached hydrogens (tertiary/aromatic N) is 3. The lowest BCUT2D eigenvalue weighted by atomic mass is 10.2. The van der Waals surface area contributed by atoms with Crippen molar-refractivity contribution >= 4 is 0 Å². The first-order chi connectivity index (χ1) is 9.27. The first-order valence-corrected chi connectivity index (χ1v) is 7.07. The van der Waals surface area contributed by atoms with E-state index in [1.54, 1.807) is 0 Å². The molecule has 1 aromatic rings. The summed E-state index contributed by atoms with van der Waals surface area (Å²) < 4.78 is 17.6. The molecule has 0 radical (unpaired) electrons. The minimum Gasteiger partial charge on any atom is -0.478 e. The van der Waals surface area contributed by atoms with E-state index in [-0.39, 0.29) is 11.8 Å². The fraction of sp³-hybridized carbons (Fsp3) is 0.800. The summed E-state index contributed by atoms with van der Waals surface area (Å²) in [6, 6.07) is 0. The van der Waals surface area contributed by atoms with Gasteiger partial charge in [-0.15, -0.1) is 0 Å². The van der Waals surface area contributed by atoms with E-state index in [0.717, 1.165) is 0 Å². The Morgan fingerprint density at radius 3 is 1.19 bits per heavy atom. The Bertz CT molecular complexity index is 448. The summed E-state index contributed by atoms with van der Waals surface area (Å²) in [5, 5.41) is 11.6. The average molecular weight is 297 g/mol. The third-order valence-corrected chi connectivity index (χ3v) is 1.87. The fourth-order valence-corrected chi connectivity index (χ4v) is 1.39. The molecule has 1 heterocycles. The summed E-state index contributed by atoms with van der Waals surface area (Å²) in [7, 11) is 0. The van der Waals surface area contributed by atoms with Gasteiger partial charge in [0.05, 0.1) is 0 Å². The number of hydrogen-bond donors (Lipinski definition) is 0. The van der Waals surface area contributed by atoms with Crippen molar-refractivity contribution in [1.29, 1.82) is 0 Å². The summed E-state index contributed by atoms with van der Waals surface area (Å²) in [5.41, 5.74) is -1.28. The second kappa shape index (κ2) is 5.66. The predicted octanol–water partition coefficient (Wildman–Crippen LogP) is 3.40. The highest BCUT2D eigenvalue weighted by atomic mass is 16.6. The van der Waals surface area contributed by atoms with E-state index in [9.17, 15) is 0 Å². The zero-order valence-electron chi connectivity index (χ0n) is 14.6. The molecule has 0 spiro atoms. The van der Waals surface area contributed by atoms with Gasteiger partial charge >= 0.3 is 0 Å². The molecule has 6 heteroatoms. The molecule has 0 aliphatic carbocycles. The van der Waals surface area contributed by atoms with E-state index in [1.807, 2.05) is 62.3 Å². The summed E-state index contributed by atoms with van der Waals surface area (Å²) in [5.74, 6) is 0.945. The fourth-order valence-electron chi connectivity index (χ4n) is 1.39. The van der Waals surface area contributed by atoms with Crippen LogP contribution in [0.25, 0.3) is 0 Å². The van der Waals surface area contributed by atoms with Crippen LogP contribution in [-0.2, 0) is 0 Å². The summed E-state index contributed by atoms with van der Waals surface area (Å²) in [6.45, 7) is 17.4. The van der Waals surface area contributed by atoms with Gasteiger partial charge in [0.15, 0.2) is 0 Å². The molecule has 120 valence electrons. The third-order valence-electron chi connectivity index (χ3n) is 1.87. The number of rotatable bonds is 3. The van der Waals surface area contributed by atoms with Crippen LogP contribution in [0.5, 0.6) is 17.5 Å². The van der Waals surface area contributed by atoms with Gasteiger partial charge in [-0.1, -0.05) is 10.2 Å². The van der Waals surface area contributed by atoms with Crippen LogP contribution in [0.4, 0.5) is 0 Å². The number of hydrogen-bond acceptors (Lipinski definition) is 6. The van der Waals surface area contributed by atoms with Crippen molar-refractivity contribution in [2.24, 2.45) is 0 Å². The van der Waals surface area contributed by atoms with Crippen LogP contribution >= 0.6 is 0 Å². The lowest BCUT2D eigenvalue weighted by Crippen LogP contribution is -2.29. The van der Waals surface area contributed by atoms with Gasteiger partial charge < -0.3 is 14.2 Å². The summed E-state index contributed by atoms with van der Waals surface area (Å²) in [6.07, 6.45) is 0. The van der Waals surface area contributed by atoms with Crippen LogP contribution in [0.3, 0.4) is 0 Å². The Morgan fingerprint density at radius 1 is 0.571 bits per heavy atom. The van der Waals surface area contributed by atoms with Crippen molar-refractivity contribution in [3.05, 3.63) is 0 Å². The standard InChI is InChI=1S/C15H27N3O3/c1-13(2,3)19-10-11(20-14(4,5)6)16-18-17-12(10)21-15(7,8)9/h1-9H3. The van der Waals surface area contributed by atoms with Crippen LogP contribution < -0.4 is 14.2 Å². The van der Waals surface area contributed by atoms with Crippen molar-refractivity contribution in [3.63, 3.8) is 0 Å². The van der Waals surface area contributed by atoms with Crippen molar-refractivity contribution in [2.75, 3.05) is 0 Å². The van der Waals surface area contributed by atoms with Crippen LogP contribution in [-0.4, -0.2) is 32.2 Å². The smallest absolute Gasteiger partial charge is 0.284 e. The second-order valence-corrected chi connectivity index (χ2v) is 7.87. The predicted molar refractivity (Wildman–Crippen MR) is 81.0 cm³/mol. The first kappa shape index (κ1) is 17.5. The minimum absolute atomic E-state index is 0.284. The summed E-state index contributed by atoms with van der Waals surface area (Å²) in [4.78, 5) is 0. The van der Waals surface area contributed by atoms with Gasteiger partial charge in [-0.2, -0.15) is 0 Å². The highest BCUT2D eigenvalue weighted by molar-refractivity contribution is 5.42. The van der Waals surface area contributed by atoms with E-state index in [2.05, 4.69) is 15.4 Å². The molecule has 1 aromatic heterocycles. The molecule has 1 rings (SSSR count). The number of ether oxygens (including phenoxy) is 3. The molecule has 0 aromatic carbocycles. The molecule has 0 unspecified atom stereocenters. The normalized spacial score (nSPS) is 13.0. The van der Waals surface area contributed by atoms with Crippen LogP contribution in [0.15, 0.2) is 0 Å². The molecule has 0 saturated heterocycles. The highest BCUT2D eigenvalue weighted by Crippen LogP contribution is 2.38. The average Bonchev–Trinajstić information content (AvgIpc) is 2.16. The van der Waals surface area contributed by atoms with Gasteiger partial charge in [0.2, 0.25) is 5.75 Å². The Kier molecular flexibility index (Phi) is 4.70. The third kappa shape index (κ3) is 6.60. The van der Waals surface area contributed by atoms with E-state index in [0.29, 0.717) is 5.75 Å². The molecule has 0 atom stereocenters. The monoisotopic (exact) mass is 297 g/mol. The van der Waals surface area contributed by atoms with Crippen molar-refractivity contribution in [3.8, 4) is 17.5 Å². The highest BCUT2D eigenvalue weighted by Gasteiger charge is 2.28. The van der Waals surface area contributed by atoms with E-state index in [4.69, 9.17) is 14.2 Å². The van der Waals surface area contributed by atoms with Crippen molar-refractivity contribution in [2.45, 2.75) is 79.1 Å². The molecule has 0 saturated carbocycles. The zero-order valence-corrected chi connectivity index (χ0v) is 14.6. The maximum absolute atomic E-state index is 5.94. The van der Waals surface area contributed by atoms with Crippen LogP contribution in [0, 0.1) is 0 Å². The zero-order chi connectivity index (χ0) is 16.5. The molecule has 0 bridgehead atoms. The SMILES string of the molecule is CC(C)(C)Oc1nnnc(OC(C)(C)C)c1OC(C)(C)C. The molecule has 0 aliphatic rings. The van der Waals surface area contributed by atoms with Crippen LogP contribution in [0.1, 0.15) is 62.3 Å². The van der Waals surface area contributed by atoms with E-state index >= 15 is 0 Å². The molecular formula is C15H27N3O3. The molecule has 0 aliphatic heterocycles. The van der Waals surface area contributed by atoms with Crippen LogP contribution in [0.2, 0.25) is 0 Å². The Morgan fingerprint density at radius 2 is 0.905 bits per heavy atom. The van der Waals surface area contributed by atoms with Crippen molar-refractivity contribution < 1.29 is 14.2 Å². The molecule has 6 nitrogen and oxygen atoms in total. The molecule has 21 heavy (non-hydrogen) atoms. The van der Waals surface area contributed by atoms with Gasteiger partial charge in [-0.3, -0.25) is 0 Å². The quantitative estimate of drug-likeness (QED) is 0.851. The van der Waals surface area contributed by atoms with E-state index < -0.39 is 16.8 Å². The first-order valence-electron chi connectivity index (χ1n) is 7.07. The van der Waals surface area contributed by atoms with Gasteiger partial charge in [0, 0.05) is 0 Å². The van der Waals surface area contributed by atoms with Gasteiger partial charge in [0.25, 0.3) is 11.8 Å². The lowest BCUT2D eigenvalue weighted by Gasteiger charge is -2.28. The van der Waals surface area contributed by atoms with Gasteiger partial charge in [0.1, 0.15) is 16.8 Å². The van der Waals surface area contributed by atoms with Crippen molar-refractivity contribution in [1.82, 2.24) is 15.4 Å². The topological polar surface area (TPSA) is 66.4 Å². The Labute approximate surface area is 127 Å². The van der Waals surface area contributed by atoms with E-state index in [1.165, 1.54) is 0 Å². The maximum atomic E-state index is 5.94. The molecular weight excluding hydrogens is 270 g/mol.